The minimum absolute atomic E-state index is 0.0495. The topological polar surface area (TPSA) is 20.2 Å². The highest BCUT2D eigenvalue weighted by Gasteiger charge is 2.27. The summed E-state index contributed by atoms with van der Waals surface area (Å²) in [5, 5.41) is 10.2. The molecule has 0 aliphatic carbocycles. The molecule has 0 saturated carbocycles. The summed E-state index contributed by atoms with van der Waals surface area (Å²) in [6, 6.07) is 8.05. The zero-order chi connectivity index (χ0) is 10.8. The standard InChI is InChI=1S/C13H20O/c1-5-13(3,4)12(14)11-9-7-6-8-10(11)2/h6-9,12,14H,5H2,1-4H3. The van der Waals surface area contributed by atoms with Crippen LogP contribution in [0.25, 0.3) is 0 Å². The predicted octanol–water partition coefficient (Wildman–Crippen LogP) is 3.46. The van der Waals surface area contributed by atoms with Gasteiger partial charge >= 0.3 is 0 Å². The predicted molar refractivity (Wildman–Crippen MR) is 60.2 cm³/mol. The highest BCUT2D eigenvalue weighted by molar-refractivity contribution is 5.28. The lowest BCUT2D eigenvalue weighted by atomic mass is 9.79. The van der Waals surface area contributed by atoms with Gasteiger partial charge in [0.2, 0.25) is 0 Å². The van der Waals surface area contributed by atoms with Gasteiger partial charge in [-0.15, -0.1) is 0 Å². The van der Waals surface area contributed by atoms with Crippen molar-refractivity contribution in [1.82, 2.24) is 0 Å². The lowest BCUT2D eigenvalue weighted by molar-refractivity contribution is 0.0460. The van der Waals surface area contributed by atoms with Crippen molar-refractivity contribution in [3.63, 3.8) is 0 Å². The number of benzene rings is 1. The largest absolute Gasteiger partial charge is 0.388 e. The van der Waals surface area contributed by atoms with E-state index in [4.69, 9.17) is 0 Å². The lowest BCUT2D eigenvalue weighted by Gasteiger charge is -2.30. The molecule has 0 fully saturated rings. The molecule has 1 rings (SSSR count). The third-order valence-electron chi connectivity index (χ3n) is 3.13. The zero-order valence-corrected chi connectivity index (χ0v) is 9.54. The van der Waals surface area contributed by atoms with Crippen LogP contribution in [0.5, 0.6) is 0 Å². The minimum Gasteiger partial charge on any atom is -0.388 e. The SMILES string of the molecule is CCC(C)(C)C(O)c1ccccc1C. The first kappa shape index (κ1) is 11.3. The molecular formula is C13H20O. The van der Waals surface area contributed by atoms with E-state index in [1.54, 1.807) is 0 Å². The first-order valence-corrected chi connectivity index (χ1v) is 5.22. The number of aliphatic hydroxyl groups is 1. The quantitative estimate of drug-likeness (QED) is 0.777. The fourth-order valence-electron chi connectivity index (χ4n) is 1.51. The van der Waals surface area contributed by atoms with E-state index in [1.165, 1.54) is 5.56 Å². The molecule has 1 atom stereocenters. The van der Waals surface area contributed by atoms with Crippen LogP contribution in [-0.4, -0.2) is 5.11 Å². The van der Waals surface area contributed by atoms with E-state index in [0.29, 0.717) is 0 Å². The molecule has 1 N–H and O–H groups in total. The Bertz CT molecular complexity index is 302. The number of aryl methyl sites for hydroxylation is 1. The summed E-state index contributed by atoms with van der Waals surface area (Å²) < 4.78 is 0. The maximum atomic E-state index is 10.2. The van der Waals surface area contributed by atoms with E-state index in [9.17, 15) is 5.11 Å². The molecule has 1 heteroatoms. The van der Waals surface area contributed by atoms with E-state index in [1.807, 2.05) is 31.2 Å². The van der Waals surface area contributed by atoms with E-state index < -0.39 is 0 Å². The molecule has 1 unspecified atom stereocenters. The molecule has 0 radical (unpaired) electrons. The van der Waals surface area contributed by atoms with Gasteiger partial charge in [-0.05, 0) is 29.9 Å². The average Bonchev–Trinajstić information content (AvgIpc) is 2.17. The van der Waals surface area contributed by atoms with Gasteiger partial charge in [0.15, 0.2) is 0 Å². The van der Waals surface area contributed by atoms with Gasteiger partial charge in [0, 0.05) is 0 Å². The third-order valence-corrected chi connectivity index (χ3v) is 3.13. The van der Waals surface area contributed by atoms with Crippen molar-refractivity contribution in [2.45, 2.75) is 40.2 Å². The minimum atomic E-state index is -0.367. The number of hydrogen-bond acceptors (Lipinski definition) is 1. The van der Waals surface area contributed by atoms with Crippen molar-refractivity contribution < 1.29 is 5.11 Å². The second-order valence-corrected chi connectivity index (χ2v) is 4.60. The average molecular weight is 192 g/mol. The smallest absolute Gasteiger partial charge is 0.0843 e. The van der Waals surface area contributed by atoms with E-state index in [2.05, 4.69) is 20.8 Å². The molecule has 0 saturated heterocycles. The summed E-state index contributed by atoms with van der Waals surface area (Å²) in [7, 11) is 0. The molecule has 78 valence electrons. The van der Waals surface area contributed by atoms with E-state index in [0.717, 1.165) is 12.0 Å². The number of rotatable bonds is 3. The Balaban J connectivity index is 3.00. The Hall–Kier alpha value is -0.820. The molecular weight excluding hydrogens is 172 g/mol. The first-order valence-electron chi connectivity index (χ1n) is 5.22. The summed E-state index contributed by atoms with van der Waals surface area (Å²) in [5.74, 6) is 0. The Morgan fingerprint density at radius 3 is 2.36 bits per heavy atom. The van der Waals surface area contributed by atoms with Crippen molar-refractivity contribution >= 4 is 0 Å². The van der Waals surface area contributed by atoms with Crippen LogP contribution in [0.4, 0.5) is 0 Å². The van der Waals surface area contributed by atoms with E-state index in [-0.39, 0.29) is 11.5 Å². The van der Waals surface area contributed by atoms with Crippen LogP contribution in [0.3, 0.4) is 0 Å². The second-order valence-electron chi connectivity index (χ2n) is 4.60. The number of aliphatic hydroxyl groups excluding tert-OH is 1. The van der Waals surface area contributed by atoms with Crippen molar-refractivity contribution in [3.8, 4) is 0 Å². The Kier molecular flexibility index (Phi) is 3.33. The fourth-order valence-corrected chi connectivity index (χ4v) is 1.51. The molecule has 14 heavy (non-hydrogen) atoms. The normalized spacial score (nSPS) is 14.1. The van der Waals surface area contributed by atoms with Gasteiger partial charge in [0.1, 0.15) is 0 Å². The van der Waals surface area contributed by atoms with Crippen LogP contribution >= 0.6 is 0 Å². The Morgan fingerprint density at radius 1 is 1.29 bits per heavy atom. The molecule has 1 aromatic rings. The van der Waals surface area contributed by atoms with Gasteiger partial charge in [0.25, 0.3) is 0 Å². The van der Waals surface area contributed by atoms with Gasteiger partial charge in [-0.25, -0.2) is 0 Å². The van der Waals surface area contributed by atoms with E-state index >= 15 is 0 Å². The highest BCUT2D eigenvalue weighted by Crippen LogP contribution is 2.37. The molecule has 1 nitrogen and oxygen atoms in total. The van der Waals surface area contributed by atoms with Crippen molar-refractivity contribution in [1.29, 1.82) is 0 Å². The highest BCUT2D eigenvalue weighted by atomic mass is 16.3. The monoisotopic (exact) mass is 192 g/mol. The van der Waals surface area contributed by atoms with Crippen molar-refractivity contribution in [2.24, 2.45) is 5.41 Å². The molecule has 0 aliphatic heterocycles. The second kappa shape index (κ2) is 4.14. The summed E-state index contributed by atoms with van der Waals surface area (Å²) in [4.78, 5) is 0. The van der Waals surface area contributed by atoms with Crippen LogP contribution in [0.2, 0.25) is 0 Å². The van der Waals surface area contributed by atoms with Crippen LogP contribution < -0.4 is 0 Å². The molecule has 0 aromatic heterocycles. The molecule has 0 heterocycles. The van der Waals surface area contributed by atoms with Gasteiger partial charge in [-0.1, -0.05) is 45.0 Å². The molecule has 0 aliphatic rings. The summed E-state index contributed by atoms with van der Waals surface area (Å²) in [5.41, 5.74) is 2.17. The Morgan fingerprint density at radius 2 is 1.86 bits per heavy atom. The maximum Gasteiger partial charge on any atom is 0.0843 e. The maximum absolute atomic E-state index is 10.2. The molecule has 1 aromatic carbocycles. The summed E-state index contributed by atoms with van der Waals surface area (Å²) in [6.45, 7) is 8.36. The first-order chi connectivity index (χ1) is 6.49. The zero-order valence-electron chi connectivity index (χ0n) is 9.54. The van der Waals surface area contributed by atoms with Crippen molar-refractivity contribution in [3.05, 3.63) is 35.4 Å². The van der Waals surface area contributed by atoms with Crippen LogP contribution in [0.1, 0.15) is 44.4 Å². The lowest BCUT2D eigenvalue weighted by Crippen LogP contribution is -2.21. The third kappa shape index (κ3) is 2.16. The Labute approximate surface area is 86.8 Å². The van der Waals surface area contributed by atoms with Crippen LogP contribution in [0, 0.1) is 12.3 Å². The van der Waals surface area contributed by atoms with Gasteiger partial charge in [0.05, 0.1) is 6.10 Å². The molecule has 0 amide bonds. The van der Waals surface area contributed by atoms with Crippen molar-refractivity contribution in [2.75, 3.05) is 0 Å². The van der Waals surface area contributed by atoms with Gasteiger partial charge in [-0.3, -0.25) is 0 Å². The number of hydrogen-bond donors (Lipinski definition) is 1. The van der Waals surface area contributed by atoms with Gasteiger partial charge < -0.3 is 5.11 Å². The molecule has 0 bridgehead atoms. The fraction of sp³-hybridized carbons (Fsp3) is 0.538. The summed E-state index contributed by atoms with van der Waals surface area (Å²) >= 11 is 0. The summed E-state index contributed by atoms with van der Waals surface area (Å²) in [6.07, 6.45) is 0.608. The van der Waals surface area contributed by atoms with Crippen LogP contribution in [0.15, 0.2) is 24.3 Å². The molecule has 0 spiro atoms. The van der Waals surface area contributed by atoms with Gasteiger partial charge in [-0.2, -0.15) is 0 Å². The van der Waals surface area contributed by atoms with Crippen LogP contribution in [-0.2, 0) is 0 Å².